The van der Waals surface area contributed by atoms with Crippen molar-refractivity contribution in [3.63, 3.8) is 0 Å². The zero-order valence-electron chi connectivity index (χ0n) is 11.7. The Balaban J connectivity index is 2.15. The number of rotatable bonds is 5. The van der Waals surface area contributed by atoms with Gasteiger partial charge in [-0.05, 0) is 48.7 Å². The van der Waals surface area contributed by atoms with Crippen molar-refractivity contribution >= 4 is 11.6 Å². The Bertz CT molecular complexity index is 576. The number of nitrogens with two attached hydrogens (primary N) is 1. The second kappa shape index (κ2) is 6.87. The van der Waals surface area contributed by atoms with Gasteiger partial charge in [0.25, 0.3) is 5.91 Å². The second-order valence-electron chi connectivity index (χ2n) is 4.70. The molecule has 3 N–H and O–H groups in total. The Morgan fingerprint density at radius 1 is 1.10 bits per heavy atom. The Morgan fingerprint density at radius 3 is 2.45 bits per heavy atom. The lowest BCUT2D eigenvalue weighted by atomic mass is 10.0. The molecule has 2 aromatic rings. The number of amides is 1. The summed E-state index contributed by atoms with van der Waals surface area (Å²) in [7, 11) is 0. The highest BCUT2D eigenvalue weighted by Gasteiger charge is 2.10. The first-order valence-electron chi connectivity index (χ1n) is 6.93. The van der Waals surface area contributed by atoms with Crippen molar-refractivity contribution in [1.29, 1.82) is 0 Å². The van der Waals surface area contributed by atoms with Gasteiger partial charge in [0.1, 0.15) is 0 Å². The molecule has 0 saturated heterocycles. The molecule has 3 heteroatoms. The molecule has 0 saturated carbocycles. The monoisotopic (exact) mass is 268 g/mol. The highest BCUT2D eigenvalue weighted by Crippen LogP contribution is 2.14. The van der Waals surface area contributed by atoms with E-state index < -0.39 is 0 Å². The van der Waals surface area contributed by atoms with Gasteiger partial charge < -0.3 is 11.1 Å². The summed E-state index contributed by atoms with van der Waals surface area (Å²) in [5.41, 5.74) is 9.33. The number of aryl methyl sites for hydroxylation is 1. The first-order valence-corrected chi connectivity index (χ1v) is 6.93. The molecular formula is C17H20N2O. The Hall–Kier alpha value is -2.13. The van der Waals surface area contributed by atoms with E-state index in [9.17, 15) is 4.79 Å². The van der Waals surface area contributed by atoms with Crippen molar-refractivity contribution in [1.82, 2.24) is 0 Å². The van der Waals surface area contributed by atoms with E-state index in [0.29, 0.717) is 18.5 Å². The van der Waals surface area contributed by atoms with Gasteiger partial charge in [-0.1, -0.05) is 37.3 Å². The predicted molar refractivity (Wildman–Crippen MR) is 83.0 cm³/mol. The number of carbonyl (C=O) groups is 1. The summed E-state index contributed by atoms with van der Waals surface area (Å²) >= 11 is 0. The molecule has 2 rings (SSSR count). The molecule has 3 nitrogen and oxygen atoms in total. The topological polar surface area (TPSA) is 55.1 Å². The summed E-state index contributed by atoms with van der Waals surface area (Å²) in [6.07, 6.45) is 1.70. The summed E-state index contributed by atoms with van der Waals surface area (Å²) in [5, 5.41) is 2.93. The SMILES string of the molecule is CCc1ccc(NC(=O)c2ccccc2CCN)cc1. The molecule has 0 unspecified atom stereocenters. The number of nitrogens with one attached hydrogen (secondary N) is 1. The van der Waals surface area contributed by atoms with E-state index >= 15 is 0 Å². The van der Waals surface area contributed by atoms with Crippen LogP contribution in [0.15, 0.2) is 48.5 Å². The van der Waals surface area contributed by atoms with Crippen LogP contribution in [0.25, 0.3) is 0 Å². The van der Waals surface area contributed by atoms with Crippen molar-refractivity contribution in [3.05, 3.63) is 65.2 Å². The average molecular weight is 268 g/mol. The van der Waals surface area contributed by atoms with Crippen molar-refractivity contribution in [3.8, 4) is 0 Å². The van der Waals surface area contributed by atoms with Crippen LogP contribution < -0.4 is 11.1 Å². The van der Waals surface area contributed by atoms with Crippen LogP contribution in [0.1, 0.15) is 28.4 Å². The summed E-state index contributed by atoms with van der Waals surface area (Å²) in [4.78, 5) is 12.3. The Kier molecular flexibility index (Phi) is 4.91. The first-order chi connectivity index (χ1) is 9.74. The maximum Gasteiger partial charge on any atom is 0.255 e. The van der Waals surface area contributed by atoms with Gasteiger partial charge in [0.2, 0.25) is 0 Å². The largest absolute Gasteiger partial charge is 0.330 e. The number of benzene rings is 2. The van der Waals surface area contributed by atoms with Crippen molar-refractivity contribution in [2.45, 2.75) is 19.8 Å². The van der Waals surface area contributed by atoms with E-state index in [-0.39, 0.29) is 5.91 Å². The Labute approximate surface area is 119 Å². The van der Waals surface area contributed by atoms with E-state index in [1.807, 2.05) is 48.5 Å². The number of hydrogen-bond donors (Lipinski definition) is 2. The summed E-state index contributed by atoms with van der Waals surface area (Å²) < 4.78 is 0. The molecule has 104 valence electrons. The predicted octanol–water partition coefficient (Wildman–Crippen LogP) is 3.00. The van der Waals surface area contributed by atoms with Crippen LogP contribution in [0.4, 0.5) is 5.69 Å². The van der Waals surface area contributed by atoms with Gasteiger partial charge in [0, 0.05) is 11.3 Å². The van der Waals surface area contributed by atoms with Crippen molar-refractivity contribution in [2.24, 2.45) is 5.73 Å². The zero-order valence-corrected chi connectivity index (χ0v) is 11.7. The van der Waals surface area contributed by atoms with Gasteiger partial charge in [-0.25, -0.2) is 0 Å². The molecule has 2 aromatic carbocycles. The highest BCUT2D eigenvalue weighted by molar-refractivity contribution is 6.05. The fourth-order valence-electron chi connectivity index (χ4n) is 2.14. The summed E-state index contributed by atoms with van der Waals surface area (Å²) in [6.45, 7) is 2.64. The van der Waals surface area contributed by atoms with Crippen LogP contribution in [-0.2, 0) is 12.8 Å². The zero-order chi connectivity index (χ0) is 14.4. The Morgan fingerprint density at radius 2 is 1.80 bits per heavy atom. The summed E-state index contributed by atoms with van der Waals surface area (Å²) in [5.74, 6) is -0.0849. The molecule has 1 amide bonds. The van der Waals surface area contributed by atoms with E-state index in [4.69, 9.17) is 5.73 Å². The molecule has 0 fully saturated rings. The molecule has 0 aliphatic carbocycles. The summed E-state index contributed by atoms with van der Waals surface area (Å²) in [6, 6.07) is 15.5. The minimum atomic E-state index is -0.0849. The van der Waals surface area contributed by atoms with Gasteiger partial charge in [-0.2, -0.15) is 0 Å². The maximum absolute atomic E-state index is 12.3. The smallest absolute Gasteiger partial charge is 0.255 e. The lowest BCUT2D eigenvalue weighted by Crippen LogP contribution is -2.15. The quantitative estimate of drug-likeness (QED) is 0.875. The third-order valence-corrected chi connectivity index (χ3v) is 3.30. The maximum atomic E-state index is 12.3. The fraction of sp³-hybridized carbons (Fsp3) is 0.235. The molecule has 20 heavy (non-hydrogen) atoms. The fourth-order valence-corrected chi connectivity index (χ4v) is 2.14. The lowest BCUT2D eigenvalue weighted by Gasteiger charge is -2.10. The lowest BCUT2D eigenvalue weighted by molar-refractivity contribution is 0.102. The molecular weight excluding hydrogens is 248 g/mol. The second-order valence-corrected chi connectivity index (χ2v) is 4.70. The van der Waals surface area contributed by atoms with Gasteiger partial charge >= 0.3 is 0 Å². The van der Waals surface area contributed by atoms with Gasteiger partial charge in [0.15, 0.2) is 0 Å². The van der Waals surface area contributed by atoms with Crippen LogP contribution in [-0.4, -0.2) is 12.5 Å². The van der Waals surface area contributed by atoms with Gasteiger partial charge in [-0.3, -0.25) is 4.79 Å². The van der Waals surface area contributed by atoms with E-state index in [1.54, 1.807) is 0 Å². The van der Waals surface area contributed by atoms with Crippen LogP contribution in [0, 0.1) is 0 Å². The molecule has 0 bridgehead atoms. The van der Waals surface area contributed by atoms with Crippen LogP contribution in [0.2, 0.25) is 0 Å². The third kappa shape index (κ3) is 3.45. The van der Waals surface area contributed by atoms with Crippen LogP contribution in [0.3, 0.4) is 0 Å². The van der Waals surface area contributed by atoms with Crippen molar-refractivity contribution in [2.75, 3.05) is 11.9 Å². The number of anilines is 1. The van der Waals surface area contributed by atoms with E-state index in [1.165, 1.54) is 5.56 Å². The van der Waals surface area contributed by atoms with Crippen LogP contribution in [0.5, 0.6) is 0 Å². The minimum Gasteiger partial charge on any atom is -0.330 e. The van der Waals surface area contributed by atoms with Crippen molar-refractivity contribution < 1.29 is 4.79 Å². The molecule has 0 aliphatic heterocycles. The van der Waals surface area contributed by atoms with Crippen LogP contribution >= 0.6 is 0 Å². The molecule has 0 aromatic heterocycles. The minimum absolute atomic E-state index is 0.0849. The standard InChI is InChI=1S/C17H20N2O/c1-2-13-7-9-15(10-8-13)19-17(20)16-6-4-3-5-14(16)11-12-18/h3-10H,2,11-12,18H2,1H3,(H,19,20). The molecule has 0 atom stereocenters. The average Bonchev–Trinajstić information content (AvgIpc) is 2.49. The molecule has 0 heterocycles. The number of carbonyl (C=O) groups excluding carboxylic acids is 1. The molecule has 0 aliphatic rings. The first kappa shape index (κ1) is 14.3. The number of hydrogen-bond acceptors (Lipinski definition) is 2. The highest BCUT2D eigenvalue weighted by atomic mass is 16.1. The van der Waals surface area contributed by atoms with Gasteiger partial charge in [-0.15, -0.1) is 0 Å². The van der Waals surface area contributed by atoms with Gasteiger partial charge in [0.05, 0.1) is 0 Å². The molecule has 0 spiro atoms. The van der Waals surface area contributed by atoms with E-state index in [0.717, 1.165) is 17.7 Å². The van der Waals surface area contributed by atoms with E-state index in [2.05, 4.69) is 12.2 Å². The molecule has 0 radical (unpaired) electrons. The normalized spacial score (nSPS) is 10.3. The third-order valence-electron chi connectivity index (χ3n) is 3.30.